The standard InChI is InChI=1S/C19H21N5O3/c1-13(2)11-15(14-7-4-3-5-8-14)22-16(25)12-24-18(23-27-19(24)26)17-20-9-6-10-21-17/h3-10,13,15H,11-12H2,1-2H3,(H,22,25). The molecule has 1 aromatic carbocycles. The molecule has 0 aliphatic rings. The smallest absolute Gasteiger partial charge is 0.348 e. The second-order valence-corrected chi connectivity index (χ2v) is 6.59. The maximum Gasteiger partial charge on any atom is 0.442 e. The minimum absolute atomic E-state index is 0.121. The minimum atomic E-state index is -0.729. The summed E-state index contributed by atoms with van der Waals surface area (Å²) < 4.78 is 5.83. The lowest BCUT2D eigenvalue weighted by Gasteiger charge is -2.21. The third-order valence-corrected chi connectivity index (χ3v) is 4.00. The van der Waals surface area contributed by atoms with Crippen LogP contribution in [-0.4, -0.2) is 25.6 Å². The van der Waals surface area contributed by atoms with Gasteiger partial charge in [0.2, 0.25) is 11.7 Å². The second-order valence-electron chi connectivity index (χ2n) is 6.59. The summed E-state index contributed by atoms with van der Waals surface area (Å²) in [7, 11) is 0. The topological polar surface area (TPSA) is 103 Å². The van der Waals surface area contributed by atoms with E-state index in [0.717, 1.165) is 16.6 Å². The molecule has 3 aromatic rings. The summed E-state index contributed by atoms with van der Waals surface area (Å²) in [4.78, 5) is 32.7. The average molecular weight is 367 g/mol. The molecule has 2 heterocycles. The molecule has 3 rings (SSSR count). The molecule has 1 amide bonds. The third kappa shape index (κ3) is 4.66. The van der Waals surface area contributed by atoms with E-state index in [9.17, 15) is 9.59 Å². The van der Waals surface area contributed by atoms with Gasteiger partial charge in [0.1, 0.15) is 6.54 Å². The molecule has 0 aliphatic heterocycles. The molecular formula is C19H21N5O3. The van der Waals surface area contributed by atoms with E-state index in [-0.39, 0.29) is 30.1 Å². The molecule has 0 spiro atoms. The van der Waals surface area contributed by atoms with Crippen LogP contribution in [0.5, 0.6) is 0 Å². The highest BCUT2D eigenvalue weighted by Gasteiger charge is 2.20. The van der Waals surface area contributed by atoms with Crippen molar-refractivity contribution in [3.8, 4) is 11.6 Å². The van der Waals surface area contributed by atoms with Gasteiger partial charge in [0.25, 0.3) is 0 Å². The van der Waals surface area contributed by atoms with Crippen LogP contribution in [0, 0.1) is 5.92 Å². The molecular weight excluding hydrogens is 346 g/mol. The molecule has 0 bridgehead atoms. The molecule has 140 valence electrons. The minimum Gasteiger partial charge on any atom is -0.348 e. The normalized spacial score (nSPS) is 12.1. The Morgan fingerprint density at radius 1 is 1.15 bits per heavy atom. The summed E-state index contributed by atoms with van der Waals surface area (Å²) in [5.41, 5.74) is 1.02. The number of carbonyl (C=O) groups excluding carboxylic acids is 1. The number of rotatable bonds is 7. The number of nitrogens with one attached hydrogen (secondary N) is 1. The molecule has 1 atom stereocenters. The number of nitrogens with zero attached hydrogens (tertiary/aromatic N) is 4. The molecule has 0 saturated heterocycles. The molecule has 0 saturated carbocycles. The molecule has 0 aliphatic carbocycles. The van der Waals surface area contributed by atoms with Crippen molar-refractivity contribution in [1.29, 1.82) is 0 Å². The van der Waals surface area contributed by atoms with E-state index in [1.165, 1.54) is 12.4 Å². The number of amides is 1. The summed E-state index contributed by atoms with van der Waals surface area (Å²) in [6.07, 6.45) is 3.84. The van der Waals surface area contributed by atoms with Crippen LogP contribution in [0.3, 0.4) is 0 Å². The average Bonchev–Trinajstić information content (AvgIpc) is 3.03. The first-order valence-corrected chi connectivity index (χ1v) is 8.73. The van der Waals surface area contributed by atoms with Crippen molar-refractivity contribution in [3.05, 3.63) is 64.9 Å². The number of aromatic nitrogens is 4. The molecule has 0 fully saturated rings. The Bertz CT molecular complexity index is 935. The van der Waals surface area contributed by atoms with Gasteiger partial charge >= 0.3 is 5.76 Å². The van der Waals surface area contributed by atoms with Crippen LogP contribution >= 0.6 is 0 Å². The lowest BCUT2D eigenvalue weighted by atomic mass is 9.97. The van der Waals surface area contributed by atoms with E-state index in [0.29, 0.717) is 5.92 Å². The molecule has 8 nitrogen and oxygen atoms in total. The highest BCUT2D eigenvalue weighted by Crippen LogP contribution is 2.21. The fourth-order valence-electron chi connectivity index (χ4n) is 2.80. The first-order chi connectivity index (χ1) is 13.0. The van der Waals surface area contributed by atoms with Crippen molar-refractivity contribution in [2.45, 2.75) is 32.9 Å². The first-order valence-electron chi connectivity index (χ1n) is 8.73. The highest BCUT2D eigenvalue weighted by atomic mass is 16.5. The lowest BCUT2D eigenvalue weighted by molar-refractivity contribution is -0.122. The SMILES string of the molecule is CC(C)CC(NC(=O)Cn1c(-c2ncccn2)noc1=O)c1ccccc1. The summed E-state index contributed by atoms with van der Waals surface area (Å²) in [6, 6.07) is 11.2. The van der Waals surface area contributed by atoms with Crippen molar-refractivity contribution < 1.29 is 9.32 Å². The van der Waals surface area contributed by atoms with E-state index in [4.69, 9.17) is 4.52 Å². The van der Waals surface area contributed by atoms with E-state index in [1.54, 1.807) is 6.07 Å². The predicted molar refractivity (Wildman–Crippen MR) is 98.6 cm³/mol. The summed E-state index contributed by atoms with van der Waals surface area (Å²) in [5.74, 6) is -0.310. The van der Waals surface area contributed by atoms with Crippen LogP contribution in [0.4, 0.5) is 0 Å². The Hall–Kier alpha value is -3.29. The van der Waals surface area contributed by atoms with Crippen LogP contribution in [0.1, 0.15) is 31.9 Å². The van der Waals surface area contributed by atoms with Crippen LogP contribution in [-0.2, 0) is 11.3 Å². The van der Waals surface area contributed by atoms with E-state index in [2.05, 4.69) is 34.3 Å². The molecule has 0 radical (unpaired) electrons. The van der Waals surface area contributed by atoms with Gasteiger partial charge in [0.15, 0.2) is 5.82 Å². The zero-order valence-corrected chi connectivity index (χ0v) is 15.2. The second kappa shape index (κ2) is 8.39. The first kappa shape index (κ1) is 18.5. The Morgan fingerprint density at radius 3 is 2.52 bits per heavy atom. The third-order valence-electron chi connectivity index (χ3n) is 4.00. The van der Waals surface area contributed by atoms with Crippen molar-refractivity contribution in [2.24, 2.45) is 5.92 Å². The Labute approximate surface area is 156 Å². The molecule has 1 unspecified atom stereocenters. The van der Waals surface area contributed by atoms with Gasteiger partial charge in [-0.05, 0) is 24.0 Å². The molecule has 27 heavy (non-hydrogen) atoms. The van der Waals surface area contributed by atoms with Crippen LogP contribution < -0.4 is 11.1 Å². The van der Waals surface area contributed by atoms with Crippen LogP contribution in [0.25, 0.3) is 11.6 Å². The van der Waals surface area contributed by atoms with Gasteiger partial charge in [0.05, 0.1) is 6.04 Å². The van der Waals surface area contributed by atoms with Crippen LogP contribution in [0.15, 0.2) is 58.1 Å². The number of hydrogen-bond donors (Lipinski definition) is 1. The highest BCUT2D eigenvalue weighted by molar-refractivity contribution is 5.76. The van der Waals surface area contributed by atoms with Gasteiger partial charge in [-0.25, -0.2) is 19.3 Å². The van der Waals surface area contributed by atoms with Crippen LogP contribution in [0.2, 0.25) is 0 Å². The van der Waals surface area contributed by atoms with E-state index in [1.807, 2.05) is 30.3 Å². The van der Waals surface area contributed by atoms with E-state index >= 15 is 0 Å². The van der Waals surface area contributed by atoms with Gasteiger partial charge < -0.3 is 5.32 Å². The molecule has 2 aromatic heterocycles. The summed E-state index contributed by atoms with van der Waals surface area (Å²) >= 11 is 0. The Kier molecular flexibility index (Phi) is 5.75. The Balaban J connectivity index is 1.79. The van der Waals surface area contributed by atoms with Crippen molar-refractivity contribution in [3.63, 3.8) is 0 Å². The predicted octanol–water partition coefficient (Wildman–Crippen LogP) is 2.20. The van der Waals surface area contributed by atoms with Crippen molar-refractivity contribution in [2.75, 3.05) is 0 Å². The van der Waals surface area contributed by atoms with E-state index < -0.39 is 5.76 Å². The van der Waals surface area contributed by atoms with Crippen molar-refractivity contribution >= 4 is 5.91 Å². The molecule has 8 heteroatoms. The van der Waals surface area contributed by atoms with Gasteiger partial charge in [-0.15, -0.1) is 0 Å². The zero-order valence-electron chi connectivity index (χ0n) is 15.2. The summed E-state index contributed by atoms with van der Waals surface area (Å²) in [5, 5.41) is 6.70. The van der Waals surface area contributed by atoms with Gasteiger partial charge in [0, 0.05) is 12.4 Å². The monoisotopic (exact) mass is 367 g/mol. The fourth-order valence-corrected chi connectivity index (χ4v) is 2.80. The largest absolute Gasteiger partial charge is 0.442 e. The maximum atomic E-state index is 12.6. The quantitative estimate of drug-likeness (QED) is 0.687. The summed E-state index contributed by atoms with van der Waals surface area (Å²) in [6.45, 7) is 3.96. The lowest BCUT2D eigenvalue weighted by Crippen LogP contribution is -2.34. The number of hydrogen-bond acceptors (Lipinski definition) is 6. The fraction of sp³-hybridized carbons (Fsp3) is 0.316. The number of carbonyl (C=O) groups is 1. The zero-order chi connectivity index (χ0) is 19.2. The maximum absolute atomic E-state index is 12.6. The molecule has 1 N–H and O–H groups in total. The van der Waals surface area contributed by atoms with Gasteiger partial charge in [-0.3, -0.25) is 9.32 Å². The van der Waals surface area contributed by atoms with Gasteiger partial charge in [-0.1, -0.05) is 49.3 Å². The Morgan fingerprint density at radius 2 is 1.85 bits per heavy atom. The van der Waals surface area contributed by atoms with Gasteiger partial charge in [-0.2, -0.15) is 0 Å². The number of benzene rings is 1. The van der Waals surface area contributed by atoms with Crippen molar-refractivity contribution in [1.82, 2.24) is 25.0 Å².